The van der Waals surface area contributed by atoms with Crippen LogP contribution in [0.15, 0.2) is 42.5 Å². The molecule has 4 rings (SSSR count). The Labute approximate surface area is 163 Å². The smallest absolute Gasteiger partial charge is 0.231 e. The molecule has 0 fully saturated rings. The van der Waals surface area contributed by atoms with Crippen LogP contribution in [0.5, 0.6) is 23.0 Å². The molecule has 2 heterocycles. The molecule has 0 atom stereocenters. The van der Waals surface area contributed by atoms with Crippen molar-refractivity contribution in [3.05, 3.63) is 42.5 Å². The second kappa shape index (κ2) is 7.64. The molecule has 0 amide bonds. The molecule has 0 unspecified atom stereocenters. The van der Waals surface area contributed by atoms with Crippen molar-refractivity contribution in [2.45, 2.75) is 13.8 Å². The number of nitrogen functional groups attached to an aromatic ring is 1. The molecule has 28 heavy (non-hydrogen) atoms. The Bertz CT molecular complexity index is 1010. The highest BCUT2D eigenvalue weighted by atomic mass is 16.7. The van der Waals surface area contributed by atoms with Gasteiger partial charge < -0.3 is 24.7 Å². The molecule has 2 N–H and O–H groups in total. The maximum absolute atomic E-state index is 6.00. The number of hydrogen-bond acceptors (Lipinski definition) is 7. The third-order valence-corrected chi connectivity index (χ3v) is 4.25. The van der Waals surface area contributed by atoms with Gasteiger partial charge in [0.05, 0.1) is 24.6 Å². The average molecular weight is 379 g/mol. The van der Waals surface area contributed by atoms with Gasteiger partial charge in [-0.15, -0.1) is 0 Å². The zero-order valence-corrected chi connectivity index (χ0v) is 15.8. The Morgan fingerprint density at radius 3 is 2.50 bits per heavy atom. The molecule has 0 saturated carbocycles. The molecule has 3 aromatic rings. The van der Waals surface area contributed by atoms with E-state index in [1.54, 1.807) is 0 Å². The number of nitrogens with two attached hydrogens (primary N) is 1. The van der Waals surface area contributed by atoms with Crippen LogP contribution in [-0.4, -0.2) is 30.0 Å². The monoisotopic (exact) mass is 379 g/mol. The van der Waals surface area contributed by atoms with Crippen LogP contribution in [0.25, 0.3) is 22.5 Å². The SMILES string of the molecule is CCOc1ccc(-c2cc(-c3ccc4c(c3)OCO4)nc(N)n2)c(OCC)c1. The molecule has 7 nitrogen and oxygen atoms in total. The van der Waals surface area contributed by atoms with E-state index in [1.807, 2.05) is 56.3 Å². The van der Waals surface area contributed by atoms with Crippen LogP contribution >= 0.6 is 0 Å². The standard InChI is InChI=1S/C21H21N3O4/c1-3-25-14-6-7-15(19(10-14)26-4-2)17-11-16(23-21(22)24-17)13-5-8-18-20(9-13)28-12-27-18/h5-11H,3-4,12H2,1-2H3,(H2,22,23,24). The van der Waals surface area contributed by atoms with E-state index in [0.29, 0.717) is 36.1 Å². The number of hydrogen-bond donors (Lipinski definition) is 1. The summed E-state index contributed by atoms with van der Waals surface area (Å²) in [6.45, 7) is 5.21. The molecule has 0 spiro atoms. The number of fused-ring (bicyclic) bond motifs is 1. The zero-order valence-electron chi connectivity index (χ0n) is 15.8. The number of benzene rings is 2. The summed E-state index contributed by atoms with van der Waals surface area (Å²) in [6, 6.07) is 13.2. The predicted molar refractivity (Wildman–Crippen MR) is 106 cm³/mol. The average Bonchev–Trinajstić information content (AvgIpc) is 3.16. The van der Waals surface area contributed by atoms with Gasteiger partial charge in [0.2, 0.25) is 12.7 Å². The molecule has 1 aliphatic heterocycles. The zero-order chi connectivity index (χ0) is 19.5. The Hall–Kier alpha value is -3.48. The largest absolute Gasteiger partial charge is 0.494 e. The molecule has 144 valence electrons. The van der Waals surface area contributed by atoms with Gasteiger partial charge in [-0.3, -0.25) is 0 Å². The van der Waals surface area contributed by atoms with Crippen molar-refractivity contribution in [2.24, 2.45) is 0 Å². The maximum Gasteiger partial charge on any atom is 0.231 e. The molecule has 0 bridgehead atoms. The van der Waals surface area contributed by atoms with E-state index in [0.717, 1.165) is 22.6 Å². The number of aromatic nitrogens is 2. The van der Waals surface area contributed by atoms with Gasteiger partial charge in [0.1, 0.15) is 11.5 Å². The van der Waals surface area contributed by atoms with E-state index in [-0.39, 0.29) is 12.7 Å². The lowest BCUT2D eigenvalue weighted by Crippen LogP contribution is -2.01. The van der Waals surface area contributed by atoms with Crippen LogP contribution in [0.1, 0.15) is 13.8 Å². The first-order chi connectivity index (χ1) is 13.7. The summed E-state index contributed by atoms with van der Waals surface area (Å²) in [6.07, 6.45) is 0. The van der Waals surface area contributed by atoms with E-state index in [9.17, 15) is 0 Å². The first-order valence-corrected chi connectivity index (χ1v) is 9.12. The van der Waals surface area contributed by atoms with Crippen molar-refractivity contribution in [1.29, 1.82) is 0 Å². The molecule has 1 aliphatic rings. The number of rotatable bonds is 6. The van der Waals surface area contributed by atoms with Crippen molar-refractivity contribution in [3.63, 3.8) is 0 Å². The highest BCUT2D eigenvalue weighted by Gasteiger charge is 2.17. The van der Waals surface area contributed by atoms with Crippen LogP contribution in [0, 0.1) is 0 Å². The third-order valence-electron chi connectivity index (χ3n) is 4.25. The second-order valence-corrected chi connectivity index (χ2v) is 6.09. The molecular formula is C21H21N3O4. The van der Waals surface area contributed by atoms with Crippen molar-refractivity contribution in [1.82, 2.24) is 9.97 Å². The highest BCUT2D eigenvalue weighted by molar-refractivity contribution is 5.74. The van der Waals surface area contributed by atoms with Gasteiger partial charge in [0.15, 0.2) is 11.5 Å². The number of ether oxygens (including phenoxy) is 4. The van der Waals surface area contributed by atoms with Gasteiger partial charge in [0, 0.05) is 17.2 Å². The highest BCUT2D eigenvalue weighted by Crippen LogP contribution is 2.38. The predicted octanol–water partition coefficient (Wildman–Crippen LogP) is 3.92. The first-order valence-electron chi connectivity index (χ1n) is 9.12. The Kier molecular flexibility index (Phi) is 4.89. The van der Waals surface area contributed by atoms with Gasteiger partial charge in [-0.1, -0.05) is 0 Å². The van der Waals surface area contributed by atoms with Crippen LogP contribution in [0.4, 0.5) is 5.95 Å². The molecule has 0 saturated heterocycles. The van der Waals surface area contributed by atoms with Crippen molar-refractivity contribution >= 4 is 5.95 Å². The second-order valence-electron chi connectivity index (χ2n) is 6.09. The van der Waals surface area contributed by atoms with Crippen molar-refractivity contribution in [2.75, 3.05) is 25.7 Å². The van der Waals surface area contributed by atoms with Crippen LogP contribution in [0.2, 0.25) is 0 Å². The van der Waals surface area contributed by atoms with Gasteiger partial charge >= 0.3 is 0 Å². The van der Waals surface area contributed by atoms with Gasteiger partial charge in [-0.05, 0) is 50.2 Å². The Balaban J connectivity index is 1.77. The van der Waals surface area contributed by atoms with Crippen LogP contribution in [0.3, 0.4) is 0 Å². The molecule has 0 radical (unpaired) electrons. The molecule has 2 aromatic carbocycles. The fourth-order valence-corrected chi connectivity index (χ4v) is 3.05. The Morgan fingerprint density at radius 2 is 1.68 bits per heavy atom. The van der Waals surface area contributed by atoms with Crippen molar-refractivity contribution < 1.29 is 18.9 Å². The quantitative estimate of drug-likeness (QED) is 0.694. The van der Waals surface area contributed by atoms with E-state index in [2.05, 4.69) is 9.97 Å². The summed E-state index contributed by atoms with van der Waals surface area (Å²) in [5.41, 5.74) is 9.05. The normalized spacial score (nSPS) is 12.1. The van der Waals surface area contributed by atoms with E-state index >= 15 is 0 Å². The summed E-state index contributed by atoms with van der Waals surface area (Å²) in [4.78, 5) is 8.79. The lowest BCUT2D eigenvalue weighted by atomic mass is 10.1. The first kappa shape index (κ1) is 17.9. The van der Waals surface area contributed by atoms with Crippen LogP contribution in [-0.2, 0) is 0 Å². The minimum atomic E-state index is 0.182. The summed E-state index contributed by atoms with van der Waals surface area (Å²) in [5.74, 6) is 3.01. The topological polar surface area (TPSA) is 88.7 Å². The fraction of sp³-hybridized carbons (Fsp3) is 0.238. The lowest BCUT2D eigenvalue weighted by Gasteiger charge is -2.13. The van der Waals surface area contributed by atoms with E-state index < -0.39 is 0 Å². The number of anilines is 1. The van der Waals surface area contributed by atoms with Gasteiger partial charge in [-0.25, -0.2) is 9.97 Å². The van der Waals surface area contributed by atoms with Crippen molar-refractivity contribution in [3.8, 4) is 45.5 Å². The Morgan fingerprint density at radius 1 is 0.893 bits per heavy atom. The lowest BCUT2D eigenvalue weighted by molar-refractivity contribution is 0.174. The van der Waals surface area contributed by atoms with Gasteiger partial charge in [-0.2, -0.15) is 0 Å². The summed E-state index contributed by atoms with van der Waals surface area (Å²) in [5, 5.41) is 0. The van der Waals surface area contributed by atoms with Crippen LogP contribution < -0.4 is 24.7 Å². The number of nitrogens with zero attached hydrogens (tertiary/aromatic N) is 2. The minimum absolute atomic E-state index is 0.182. The summed E-state index contributed by atoms with van der Waals surface area (Å²) in [7, 11) is 0. The summed E-state index contributed by atoms with van der Waals surface area (Å²) >= 11 is 0. The molecular weight excluding hydrogens is 358 g/mol. The molecule has 1 aromatic heterocycles. The van der Waals surface area contributed by atoms with E-state index in [4.69, 9.17) is 24.7 Å². The van der Waals surface area contributed by atoms with Gasteiger partial charge in [0.25, 0.3) is 0 Å². The third kappa shape index (κ3) is 3.51. The maximum atomic E-state index is 6.00. The molecule has 0 aliphatic carbocycles. The summed E-state index contributed by atoms with van der Waals surface area (Å²) < 4.78 is 22.2. The van der Waals surface area contributed by atoms with E-state index in [1.165, 1.54) is 0 Å². The minimum Gasteiger partial charge on any atom is -0.494 e. The fourth-order valence-electron chi connectivity index (χ4n) is 3.05. The molecule has 7 heteroatoms.